The summed E-state index contributed by atoms with van der Waals surface area (Å²) in [5, 5.41) is 3.31. The summed E-state index contributed by atoms with van der Waals surface area (Å²) < 4.78 is 16.7. The van der Waals surface area contributed by atoms with Crippen LogP contribution < -0.4 is 10.1 Å². The number of furan rings is 1. The maximum absolute atomic E-state index is 13.0. The van der Waals surface area contributed by atoms with Crippen LogP contribution in [0, 0.1) is 0 Å². The van der Waals surface area contributed by atoms with Gasteiger partial charge >= 0.3 is 5.97 Å². The van der Waals surface area contributed by atoms with Crippen molar-refractivity contribution in [1.82, 2.24) is 0 Å². The summed E-state index contributed by atoms with van der Waals surface area (Å²) >= 11 is 31.9. The van der Waals surface area contributed by atoms with Crippen LogP contribution >= 0.6 is 69.3 Å². The van der Waals surface area contributed by atoms with Crippen LogP contribution in [0.15, 0.2) is 16.5 Å². The van der Waals surface area contributed by atoms with Gasteiger partial charge in [-0.15, -0.1) is 11.3 Å². The van der Waals surface area contributed by atoms with Crippen molar-refractivity contribution in [3.63, 3.8) is 0 Å². The Balaban J connectivity index is 1.51. The van der Waals surface area contributed by atoms with Gasteiger partial charge in [0.1, 0.15) is 27.4 Å². The van der Waals surface area contributed by atoms with Crippen molar-refractivity contribution in [3.8, 4) is 5.75 Å². The maximum atomic E-state index is 13.0. The molecule has 2 aromatic heterocycles. The summed E-state index contributed by atoms with van der Waals surface area (Å²) in [6.07, 6.45) is 3.39. The summed E-state index contributed by atoms with van der Waals surface area (Å²) in [5.41, 5.74) is 1.38. The molecule has 0 spiro atoms. The minimum absolute atomic E-state index is 0.00284. The highest BCUT2D eigenvalue weighted by molar-refractivity contribution is 7.17. The number of hydrogen-bond acceptors (Lipinski definition) is 6. The van der Waals surface area contributed by atoms with E-state index < -0.39 is 11.9 Å². The second kappa shape index (κ2) is 11.4. The quantitative estimate of drug-likeness (QED) is 0.164. The number of thiophene rings is 1. The first kappa shape index (κ1) is 27.4. The largest absolute Gasteiger partial charge is 0.482 e. The third-order valence-corrected chi connectivity index (χ3v) is 8.81. The van der Waals surface area contributed by atoms with Gasteiger partial charge in [-0.3, -0.25) is 4.79 Å². The number of rotatable bonds is 7. The molecule has 1 amide bonds. The van der Waals surface area contributed by atoms with Gasteiger partial charge in [0.05, 0.1) is 26.7 Å². The minimum atomic E-state index is -0.507. The first-order valence-electron chi connectivity index (χ1n) is 11.0. The molecule has 0 bridgehead atoms. The second-order valence-electron chi connectivity index (χ2n) is 8.28. The summed E-state index contributed by atoms with van der Waals surface area (Å²) in [7, 11) is 0. The lowest BCUT2D eigenvalue weighted by molar-refractivity contribution is 0.0378. The van der Waals surface area contributed by atoms with Gasteiger partial charge in [0.2, 0.25) is 0 Å². The van der Waals surface area contributed by atoms with E-state index >= 15 is 0 Å². The highest BCUT2D eigenvalue weighted by atomic mass is 35.5. The Labute approximate surface area is 236 Å². The second-order valence-corrected chi connectivity index (χ2v) is 11.3. The van der Waals surface area contributed by atoms with Crippen LogP contribution in [0.3, 0.4) is 0 Å². The van der Waals surface area contributed by atoms with Crippen molar-refractivity contribution in [2.24, 2.45) is 0 Å². The zero-order chi connectivity index (χ0) is 26.1. The van der Waals surface area contributed by atoms with E-state index in [1.54, 1.807) is 19.9 Å². The van der Waals surface area contributed by atoms with Crippen molar-refractivity contribution >= 4 is 86.2 Å². The fourth-order valence-corrected chi connectivity index (χ4v) is 6.24. The van der Waals surface area contributed by atoms with Crippen molar-refractivity contribution in [1.29, 1.82) is 0 Å². The maximum Gasteiger partial charge on any atom is 0.341 e. The van der Waals surface area contributed by atoms with E-state index in [1.807, 2.05) is 0 Å². The average molecular weight is 612 g/mol. The van der Waals surface area contributed by atoms with E-state index in [2.05, 4.69) is 5.32 Å². The highest BCUT2D eigenvalue weighted by Gasteiger charge is 2.29. The topological polar surface area (TPSA) is 77.8 Å². The Hall–Kier alpha value is -1.61. The Morgan fingerprint density at radius 2 is 1.64 bits per heavy atom. The van der Waals surface area contributed by atoms with Gasteiger partial charge in [0, 0.05) is 4.88 Å². The number of ether oxygens (including phenoxy) is 2. The zero-order valence-corrected chi connectivity index (χ0v) is 23.7. The first-order chi connectivity index (χ1) is 17.1. The molecule has 36 heavy (non-hydrogen) atoms. The molecule has 2 heterocycles. The summed E-state index contributed by atoms with van der Waals surface area (Å²) in [6, 6.07) is 3.07. The van der Waals surface area contributed by atoms with Crippen LogP contribution in [0.1, 0.15) is 63.8 Å². The molecule has 0 atom stereocenters. The SMILES string of the molecule is CC(C)OC(=O)c1c(NC(=O)c2ccc(COc3c(Cl)c(Cl)c(Cl)c(Cl)c3Cl)o2)sc2c1CCCC2. The molecule has 0 saturated heterocycles. The van der Waals surface area contributed by atoms with E-state index in [9.17, 15) is 9.59 Å². The van der Waals surface area contributed by atoms with Crippen molar-refractivity contribution in [3.05, 3.63) is 64.8 Å². The number of aryl methyl sites for hydroxylation is 1. The number of nitrogens with one attached hydrogen (secondary N) is 1. The molecular weight excluding hydrogens is 592 g/mol. The number of halogens is 5. The number of amides is 1. The minimum Gasteiger partial charge on any atom is -0.482 e. The molecule has 12 heteroatoms. The van der Waals surface area contributed by atoms with Crippen molar-refractivity contribution in [2.75, 3.05) is 5.32 Å². The third-order valence-electron chi connectivity index (χ3n) is 5.36. The molecule has 0 fully saturated rings. The number of esters is 1. The Bertz CT molecular complexity index is 1300. The molecule has 4 rings (SSSR count). The van der Waals surface area contributed by atoms with Gasteiger partial charge in [-0.1, -0.05) is 58.0 Å². The molecule has 0 unspecified atom stereocenters. The summed E-state index contributed by atoms with van der Waals surface area (Å²) in [4.78, 5) is 26.9. The summed E-state index contributed by atoms with van der Waals surface area (Å²) in [6.45, 7) is 3.46. The lowest BCUT2D eigenvalue weighted by Gasteiger charge is -2.14. The van der Waals surface area contributed by atoms with E-state index in [-0.39, 0.29) is 49.3 Å². The molecule has 0 saturated carbocycles. The van der Waals surface area contributed by atoms with Gasteiger partial charge in [0.15, 0.2) is 11.5 Å². The molecule has 0 radical (unpaired) electrons. The van der Waals surface area contributed by atoms with Crippen LogP contribution in [0.25, 0.3) is 0 Å². The molecule has 1 N–H and O–H groups in total. The monoisotopic (exact) mass is 609 g/mol. The number of carbonyl (C=O) groups is 2. The zero-order valence-electron chi connectivity index (χ0n) is 19.1. The van der Waals surface area contributed by atoms with Crippen LogP contribution in [0.4, 0.5) is 5.00 Å². The van der Waals surface area contributed by atoms with E-state index in [0.717, 1.165) is 36.1 Å². The first-order valence-corrected chi connectivity index (χ1v) is 13.7. The molecule has 0 aliphatic heterocycles. The number of benzene rings is 1. The van der Waals surface area contributed by atoms with Gasteiger partial charge in [-0.05, 0) is 57.2 Å². The molecule has 3 aromatic rings. The Kier molecular flexibility index (Phi) is 8.70. The average Bonchev–Trinajstić information content (AvgIpc) is 3.45. The Morgan fingerprint density at radius 1 is 1.00 bits per heavy atom. The number of hydrogen-bond donors (Lipinski definition) is 1. The predicted molar refractivity (Wildman–Crippen MR) is 144 cm³/mol. The molecule has 6 nitrogen and oxygen atoms in total. The summed E-state index contributed by atoms with van der Waals surface area (Å²) in [5.74, 6) is -0.557. The van der Waals surface area contributed by atoms with Crippen LogP contribution in [-0.4, -0.2) is 18.0 Å². The standard InChI is InChI=1S/C24H20Cl5NO5S/c1-10(2)34-24(32)15-12-5-3-4-6-14(12)36-23(15)30-22(31)13-8-7-11(35-13)9-33-21-19(28)17(26)16(25)18(27)20(21)29/h7-8,10H,3-6,9H2,1-2H3,(H,30,31). The van der Waals surface area contributed by atoms with Crippen LogP contribution in [-0.2, 0) is 24.2 Å². The lowest BCUT2D eigenvalue weighted by Crippen LogP contribution is -2.17. The van der Waals surface area contributed by atoms with Gasteiger partial charge in [-0.25, -0.2) is 4.79 Å². The number of fused-ring (bicyclic) bond motifs is 1. The van der Waals surface area contributed by atoms with Crippen molar-refractivity contribution < 1.29 is 23.5 Å². The number of anilines is 1. The smallest absolute Gasteiger partial charge is 0.341 e. The van der Waals surface area contributed by atoms with Gasteiger partial charge in [-0.2, -0.15) is 0 Å². The van der Waals surface area contributed by atoms with Gasteiger partial charge < -0.3 is 19.2 Å². The molecule has 1 aromatic carbocycles. The van der Waals surface area contributed by atoms with E-state index in [1.165, 1.54) is 17.4 Å². The van der Waals surface area contributed by atoms with E-state index in [4.69, 9.17) is 71.9 Å². The van der Waals surface area contributed by atoms with Gasteiger partial charge in [0.25, 0.3) is 5.91 Å². The predicted octanol–water partition coefficient (Wildman–Crippen LogP) is 8.88. The lowest BCUT2D eigenvalue weighted by atomic mass is 9.95. The van der Waals surface area contributed by atoms with Crippen LogP contribution in [0.2, 0.25) is 25.1 Å². The van der Waals surface area contributed by atoms with E-state index in [0.29, 0.717) is 16.3 Å². The fraction of sp³-hybridized carbons (Fsp3) is 0.333. The molecule has 1 aliphatic carbocycles. The normalized spacial score (nSPS) is 13.0. The third kappa shape index (κ3) is 5.62. The molecule has 1 aliphatic rings. The molecule has 192 valence electrons. The van der Waals surface area contributed by atoms with Crippen LogP contribution in [0.5, 0.6) is 5.75 Å². The highest BCUT2D eigenvalue weighted by Crippen LogP contribution is 2.48. The fourth-order valence-electron chi connectivity index (χ4n) is 3.74. The van der Waals surface area contributed by atoms with Crippen molar-refractivity contribution in [2.45, 2.75) is 52.2 Å². The number of carbonyl (C=O) groups excluding carboxylic acids is 2. The molecular formula is C24H20Cl5NO5S. The Morgan fingerprint density at radius 3 is 2.31 bits per heavy atom.